The molecule has 0 spiro atoms. The molecule has 1 rings (SSSR count). The van der Waals surface area contributed by atoms with E-state index in [1.165, 1.54) is 0 Å². The van der Waals surface area contributed by atoms with E-state index in [2.05, 4.69) is 11.9 Å². The third-order valence-corrected chi connectivity index (χ3v) is 2.50. The number of β-amino-alcohol motifs (C(OH)–C–C–N with tert-alkyl or cyclic N) is 1. The quantitative estimate of drug-likeness (QED) is 0.599. The molecule has 1 aliphatic rings. The topological polar surface area (TPSA) is 52.6 Å². The molecule has 1 amide bonds. The summed E-state index contributed by atoms with van der Waals surface area (Å²) in [6, 6.07) is 0. The van der Waals surface area contributed by atoms with Gasteiger partial charge in [-0.25, -0.2) is 0 Å². The van der Waals surface area contributed by atoms with Crippen molar-refractivity contribution < 1.29 is 9.90 Å². The van der Waals surface area contributed by atoms with E-state index in [4.69, 9.17) is 0 Å². The smallest absolute Gasteiger partial charge is 0.234 e. The molecule has 1 aliphatic heterocycles. The molecule has 80 valence electrons. The van der Waals surface area contributed by atoms with Gasteiger partial charge in [-0.05, 0) is 6.42 Å². The van der Waals surface area contributed by atoms with Crippen LogP contribution in [0.15, 0.2) is 12.7 Å². The molecule has 1 saturated heterocycles. The summed E-state index contributed by atoms with van der Waals surface area (Å²) < 4.78 is 0. The van der Waals surface area contributed by atoms with Gasteiger partial charge in [-0.1, -0.05) is 13.0 Å². The van der Waals surface area contributed by atoms with Crippen molar-refractivity contribution in [2.75, 3.05) is 26.2 Å². The molecule has 0 aromatic rings. The standard InChI is InChI=1S/C10H18N2O2/c1-3-5-11-9(13)6-12-7-10(14,4-2)8-12/h3,14H,1,4-8H2,2H3,(H,11,13). The molecule has 1 fully saturated rings. The van der Waals surface area contributed by atoms with Crippen molar-refractivity contribution in [1.29, 1.82) is 0 Å². The fourth-order valence-corrected chi connectivity index (χ4v) is 1.57. The van der Waals surface area contributed by atoms with Crippen LogP contribution in [0.5, 0.6) is 0 Å². The molecular weight excluding hydrogens is 180 g/mol. The second-order valence-corrected chi connectivity index (χ2v) is 3.82. The van der Waals surface area contributed by atoms with Crippen molar-refractivity contribution in [3.63, 3.8) is 0 Å². The Morgan fingerprint density at radius 3 is 2.86 bits per heavy atom. The van der Waals surface area contributed by atoms with Crippen molar-refractivity contribution in [2.24, 2.45) is 0 Å². The minimum atomic E-state index is -0.557. The molecule has 0 aliphatic carbocycles. The first-order valence-corrected chi connectivity index (χ1v) is 4.92. The van der Waals surface area contributed by atoms with Gasteiger partial charge >= 0.3 is 0 Å². The number of hydrogen-bond acceptors (Lipinski definition) is 3. The predicted molar refractivity (Wildman–Crippen MR) is 54.9 cm³/mol. The monoisotopic (exact) mass is 198 g/mol. The van der Waals surface area contributed by atoms with E-state index >= 15 is 0 Å². The van der Waals surface area contributed by atoms with Crippen LogP contribution >= 0.6 is 0 Å². The van der Waals surface area contributed by atoms with Crippen LogP contribution in [0.1, 0.15) is 13.3 Å². The lowest BCUT2D eigenvalue weighted by molar-refractivity contribution is -0.132. The molecule has 0 atom stereocenters. The van der Waals surface area contributed by atoms with E-state index in [9.17, 15) is 9.90 Å². The van der Waals surface area contributed by atoms with Crippen LogP contribution in [0.4, 0.5) is 0 Å². The van der Waals surface area contributed by atoms with E-state index in [0.29, 0.717) is 26.2 Å². The highest BCUT2D eigenvalue weighted by Gasteiger charge is 2.39. The number of hydrogen-bond donors (Lipinski definition) is 2. The van der Waals surface area contributed by atoms with Gasteiger partial charge in [0.05, 0.1) is 12.1 Å². The summed E-state index contributed by atoms with van der Waals surface area (Å²) in [6.07, 6.45) is 2.40. The summed E-state index contributed by atoms with van der Waals surface area (Å²) in [4.78, 5) is 13.2. The molecule has 2 N–H and O–H groups in total. The molecule has 0 saturated carbocycles. The van der Waals surface area contributed by atoms with Gasteiger partial charge in [0.25, 0.3) is 0 Å². The lowest BCUT2D eigenvalue weighted by atomic mass is 9.91. The van der Waals surface area contributed by atoms with Gasteiger partial charge in [-0.2, -0.15) is 0 Å². The fraction of sp³-hybridized carbons (Fsp3) is 0.700. The SMILES string of the molecule is C=CCNC(=O)CN1CC(O)(CC)C1. The van der Waals surface area contributed by atoms with Crippen LogP contribution in [-0.4, -0.2) is 47.7 Å². The van der Waals surface area contributed by atoms with Crippen molar-refractivity contribution >= 4 is 5.91 Å². The minimum absolute atomic E-state index is 0.0111. The molecule has 4 nitrogen and oxygen atoms in total. The number of likely N-dealkylation sites (tertiary alicyclic amines) is 1. The van der Waals surface area contributed by atoms with Gasteiger partial charge < -0.3 is 10.4 Å². The van der Waals surface area contributed by atoms with E-state index in [1.54, 1.807) is 6.08 Å². The lowest BCUT2D eigenvalue weighted by Gasteiger charge is -2.45. The Bertz CT molecular complexity index is 222. The summed E-state index contributed by atoms with van der Waals surface area (Å²) in [5, 5.41) is 12.4. The molecular formula is C10H18N2O2. The minimum Gasteiger partial charge on any atom is -0.387 e. The van der Waals surface area contributed by atoms with Crippen molar-refractivity contribution in [2.45, 2.75) is 18.9 Å². The fourth-order valence-electron chi connectivity index (χ4n) is 1.57. The maximum Gasteiger partial charge on any atom is 0.234 e. The third-order valence-electron chi connectivity index (χ3n) is 2.50. The molecule has 1 heterocycles. The van der Waals surface area contributed by atoms with E-state index in [0.717, 1.165) is 6.42 Å². The summed E-state index contributed by atoms with van der Waals surface area (Å²) in [5.41, 5.74) is -0.557. The molecule has 0 aromatic carbocycles. The van der Waals surface area contributed by atoms with Crippen molar-refractivity contribution in [3.8, 4) is 0 Å². The van der Waals surface area contributed by atoms with Crippen LogP contribution in [-0.2, 0) is 4.79 Å². The number of rotatable bonds is 5. The van der Waals surface area contributed by atoms with Gasteiger partial charge in [0.15, 0.2) is 0 Å². The zero-order chi connectivity index (χ0) is 10.6. The summed E-state index contributed by atoms with van der Waals surface area (Å²) in [5.74, 6) is -0.0111. The van der Waals surface area contributed by atoms with E-state index < -0.39 is 5.60 Å². The molecule has 0 bridgehead atoms. The number of aliphatic hydroxyl groups is 1. The summed E-state index contributed by atoms with van der Waals surface area (Å²) >= 11 is 0. The largest absolute Gasteiger partial charge is 0.387 e. The van der Waals surface area contributed by atoms with Crippen molar-refractivity contribution in [3.05, 3.63) is 12.7 Å². The zero-order valence-electron chi connectivity index (χ0n) is 8.62. The summed E-state index contributed by atoms with van der Waals surface area (Å²) in [7, 11) is 0. The highest BCUT2D eigenvalue weighted by molar-refractivity contribution is 5.78. The number of nitrogens with zero attached hydrogens (tertiary/aromatic N) is 1. The van der Waals surface area contributed by atoms with E-state index in [-0.39, 0.29) is 5.91 Å². The third kappa shape index (κ3) is 2.82. The normalized spacial score (nSPS) is 19.9. The number of nitrogens with one attached hydrogen (secondary N) is 1. The maximum atomic E-state index is 11.2. The first kappa shape index (κ1) is 11.2. The molecule has 4 heteroatoms. The highest BCUT2D eigenvalue weighted by Crippen LogP contribution is 2.23. The molecule has 0 radical (unpaired) electrons. The van der Waals surface area contributed by atoms with Gasteiger partial charge in [-0.3, -0.25) is 9.69 Å². The Balaban J connectivity index is 2.16. The Labute approximate surface area is 84.6 Å². The Kier molecular flexibility index (Phi) is 3.66. The van der Waals surface area contributed by atoms with Crippen LogP contribution in [0.3, 0.4) is 0 Å². The van der Waals surface area contributed by atoms with E-state index in [1.807, 2.05) is 11.8 Å². The van der Waals surface area contributed by atoms with Crippen LogP contribution in [0.25, 0.3) is 0 Å². The second kappa shape index (κ2) is 4.57. The van der Waals surface area contributed by atoms with Crippen LogP contribution < -0.4 is 5.32 Å². The first-order chi connectivity index (χ1) is 6.59. The zero-order valence-corrected chi connectivity index (χ0v) is 8.62. The molecule has 0 aromatic heterocycles. The van der Waals surface area contributed by atoms with Gasteiger partial charge in [0.2, 0.25) is 5.91 Å². The average molecular weight is 198 g/mol. The van der Waals surface area contributed by atoms with Gasteiger partial charge in [-0.15, -0.1) is 6.58 Å². The Morgan fingerprint density at radius 2 is 2.36 bits per heavy atom. The number of carbonyl (C=O) groups excluding carboxylic acids is 1. The van der Waals surface area contributed by atoms with Crippen molar-refractivity contribution in [1.82, 2.24) is 10.2 Å². The summed E-state index contributed by atoms with van der Waals surface area (Å²) in [6.45, 7) is 7.55. The highest BCUT2D eigenvalue weighted by atomic mass is 16.3. The number of amides is 1. The molecule has 0 unspecified atom stereocenters. The van der Waals surface area contributed by atoms with Crippen LogP contribution in [0.2, 0.25) is 0 Å². The van der Waals surface area contributed by atoms with Gasteiger partial charge in [0.1, 0.15) is 0 Å². The Hall–Kier alpha value is -0.870. The average Bonchev–Trinajstić information content (AvgIpc) is 2.12. The maximum absolute atomic E-state index is 11.2. The molecule has 14 heavy (non-hydrogen) atoms. The first-order valence-electron chi connectivity index (χ1n) is 4.92. The predicted octanol–water partition coefficient (Wildman–Crippen LogP) is -0.255. The second-order valence-electron chi connectivity index (χ2n) is 3.82. The number of carbonyl (C=O) groups is 1. The van der Waals surface area contributed by atoms with Gasteiger partial charge in [0, 0.05) is 19.6 Å². The van der Waals surface area contributed by atoms with Crippen LogP contribution in [0, 0.1) is 0 Å². The Morgan fingerprint density at radius 1 is 1.71 bits per heavy atom. The lowest BCUT2D eigenvalue weighted by Crippen LogP contribution is -2.62.